The molecule has 0 atom stereocenters. The Morgan fingerprint density at radius 2 is 1.71 bits per heavy atom. The summed E-state index contributed by atoms with van der Waals surface area (Å²) in [5.41, 5.74) is 1.14. The van der Waals surface area contributed by atoms with Crippen molar-refractivity contribution in [2.45, 2.75) is 57.7 Å². The molecular formula is C26H34F2N4O2. The van der Waals surface area contributed by atoms with Gasteiger partial charge in [-0.3, -0.25) is 4.90 Å². The van der Waals surface area contributed by atoms with Crippen molar-refractivity contribution >= 4 is 17.4 Å². The topological polar surface area (TPSA) is 56.8 Å². The first-order chi connectivity index (χ1) is 16.4. The molecule has 2 N–H and O–H groups in total. The summed E-state index contributed by atoms with van der Waals surface area (Å²) in [4.78, 5) is 17.2. The van der Waals surface area contributed by atoms with E-state index in [0.717, 1.165) is 75.4 Å². The van der Waals surface area contributed by atoms with Gasteiger partial charge in [0.2, 0.25) is 0 Å². The molecule has 2 aromatic carbocycles. The number of carbonyl (C=O) groups excluding carboxylic acids is 1. The van der Waals surface area contributed by atoms with Crippen molar-refractivity contribution in [2.24, 2.45) is 0 Å². The van der Waals surface area contributed by atoms with E-state index in [0.29, 0.717) is 6.04 Å². The first-order valence-electron chi connectivity index (χ1n) is 12.2. The number of rotatable bonds is 6. The molecule has 0 unspecified atom stereocenters. The fourth-order valence-electron chi connectivity index (χ4n) is 4.92. The maximum atomic E-state index is 13.8. The molecule has 184 valence electrons. The highest BCUT2D eigenvalue weighted by molar-refractivity contribution is 5.89. The van der Waals surface area contributed by atoms with Crippen molar-refractivity contribution < 1.29 is 18.3 Å². The zero-order valence-corrected chi connectivity index (χ0v) is 19.9. The third-order valence-electron chi connectivity index (χ3n) is 6.61. The van der Waals surface area contributed by atoms with Gasteiger partial charge in [0.25, 0.3) is 0 Å². The molecule has 0 aromatic heterocycles. The van der Waals surface area contributed by atoms with E-state index >= 15 is 0 Å². The van der Waals surface area contributed by atoms with Crippen LogP contribution in [0.1, 0.15) is 39.5 Å². The van der Waals surface area contributed by atoms with Gasteiger partial charge in [0, 0.05) is 44.3 Å². The number of para-hydroxylation sites is 2. The standard InChI is InChI=1S/C26H34F2N4O2/c1-18(2)34-25-6-4-3-5-24(25)32-15-13-31(14-16-32)21-10-8-20(9-11-21)29-26(33)30-23-12-7-19(27)17-22(23)28/h3-7,12,17-18,20-21H,8-11,13-16H2,1-2H3,(H2,29,30,33)/t20-,21-. The second kappa shape index (κ2) is 11.0. The number of urea groups is 1. The van der Waals surface area contributed by atoms with Crippen molar-refractivity contribution in [1.82, 2.24) is 10.2 Å². The number of ether oxygens (including phenoxy) is 1. The van der Waals surface area contributed by atoms with Gasteiger partial charge in [-0.25, -0.2) is 13.6 Å². The van der Waals surface area contributed by atoms with Crippen LogP contribution >= 0.6 is 0 Å². The minimum Gasteiger partial charge on any atom is -0.489 e. The molecule has 1 heterocycles. The largest absolute Gasteiger partial charge is 0.489 e. The Bertz CT molecular complexity index is 971. The minimum atomic E-state index is -0.781. The third-order valence-corrected chi connectivity index (χ3v) is 6.61. The Hall–Kier alpha value is -2.87. The van der Waals surface area contributed by atoms with E-state index < -0.39 is 17.7 Å². The van der Waals surface area contributed by atoms with Crippen LogP contribution in [0.4, 0.5) is 25.0 Å². The van der Waals surface area contributed by atoms with Crippen molar-refractivity contribution in [1.29, 1.82) is 0 Å². The molecule has 0 bridgehead atoms. The predicted octanol–water partition coefficient (Wildman–Crippen LogP) is 5.01. The van der Waals surface area contributed by atoms with Crippen LogP contribution in [0.5, 0.6) is 5.75 Å². The second-order valence-electron chi connectivity index (χ2n) is 9.39. The van der Waals surface area contributed by atoms with Crippen molar-refractivity contribution in [2.75, 3.05) is 36.4 Å². The Morgan fingerprint density at radius 1 is 1.00 bits per heavy atom. The lowest BCUT2D eigenvalue weighted by atomic mass is 9.90. The average molecular weight is 473 g/mol. The molecule has 8 heteroatoms. The van der Waals surface area contributed by atoms with Crippen LogP contribution in [0.25, 0.3) is 0 Å². The van der Waals surface area contributed by atoms with Gasteiger partial charge in [-0.05, 0) is 63.8 Å². The zero-order valence-electron chi connectivity index (χ0n) is 19.9. The number of benzene rings is 2. The summed E-state index contributed by atoms with van der Waals surface area (Å²) in [5, 5.41) is 5.41. The molecule has 1 saturated heterocycles. The monoisotopic (exact) mass is 472 g/mol. The van der Waals surface area contributed by atoms with Crippen molar-refractivity contribution in [3.8, 4) is 5.75 Å². The molecule has 1 aliphatic heterocycles. The molecule has 34 heavy (non-hydrogen) atoms. The van der Waals surface area contributed by atoms with E-state index in [1.165, 1.54) is 6.07 Å². The molecule has 1 aliphatic carbocycles. The van der Waals surface area contributed by atoms with Gasteiger partial charge in [-0.2, -0.15) is 0 Å². The number of carbonyl (C=O) groups is 1. The van der Waals surface area contributed by atoms with Crippen LogP contribution in [-0.4, -0.2) is 55.3 Å². The van der Waals surface area contributed by atoms with Crippen LogP contribution in [0.2, 0.25) is 0 Å². The van der Waals surface area contributed by atoms with Crippen LogP contribution in [0.3, 0.4) is 0 Å². The summed E-state index contributed by atoms with van der Waals surface area (Å²) in [6.45, 7) is 8.02. The van der Waals surface area contributed by atoms with Gasteiger partial charge < -0.3 is 20.3 Å². The van der Waals surface area contributed by atoms with Crippen LogP contribution < -0.4 is 20.3 Å². The molecule has 2 fully saturated rings. The van der Waals surface area contributed by atoms with Crippen LogP contribution in [0, 0.1) is 11.6 Å². The number of hydrogen-bond donors (Lipinski definition) is 2. The maximum absolute atomic E-state index is 13.8. The Morgan fingerprint density at radius 3 is 2.38 bits per heavy atom. The highest BCUT2D eigenvalue weighted by atomic mass is 19.1. The molecule has 2 aliphatic rings. The minimum absolute atomic E-state index is 0.0224. The van der Waals surface area contributed by atoms with Gasteiger partial charge in [-0.15, -0.1) is 0 Å². The van der Waals surface area contributed by atoms with Crippen molar-refractivity contribution in [3.05, 3.63) is 54.1 Å². The third kappa shape index (κ3) is 6.17. The smallest absolute Gasteiger partial charge is 0.319 e. The average Bonchev–Trinajstić information content (AvgIpc) is 2.82. The summed E-state index contributed by atoms with van der Waals surface area (Å²) < 4.78 is 32.8. The van der Waals surface area contributed by atoms with Crippen LogP contribution in [-0.2, 0) is 0 Å². The second-order valence-corrected chi connectivity index (χ2v) is 9.39. The van der Waals surface area contributed by atoms with Crippen molar-refractivity contribution in [3.63, 3.8) is 0 Å². The fourth-order valence-corrected chi connectivity index (χ4v) is 4.92. The number of halogens is 2. The highest BCUT2D eigenvalue weighted by Gasteiger charge is 2.29. The zero-order chi connectivity index (χ0) is 24.1. The summed E-state index contributed by atoms with van der Waals surface area (Å²) in [7, 11) is 0. The Labute approximate surface area is 200 Å². The number of anilines is 2. The quantitative estimate of drug-likeness (QED) is 0.621. The fraction of sp³-hybridized carbons (Fsp3) is 0.500. The lowest BCUT2D eigenvalue weighted by Crippen LogP contribution is -2.52. The van der Waals surface area contributed by atoms with E-state index in [9.17, 15) is 13.6 Å². The molecule has 2 aromatic rings. The summed E-state index contributed by atoms with van der Waals surface area (Å²) in [5.74, 6) is -0.511. The summed E-state index contributed by atoms with van der Waals surface area (Å²) in [6.07, 6.45) is 3.94. The van der Waals surface area contributed by atoms with E-state index in [2.05, 4.69) is 32.6 Å². The predicted molar refractivity (Wildman–Crippen MR) is 131 cm³/mol. The van der Waals surface area contributed by atoms with E-state index in [1.54, 1.807) is 0 Å². The molecule has 2 amide bonds. The number of amides is 2. The molecule has 0 spiro atoms. The van der Waals surface area contributed by atoms with Crippen LogP contribution in [0.15, 0.2) is 42.5 Å². The van der Waals surface area contributed by atoms with E-state index in [1.807, 2.05) is 26.0 Å². The molecule has 6 nitrogen and oxygen atoms in total. The highest BCUT2D eigenvalue weighted by Crippen LogP contribution is 2.31. The lowest BCUT2D eigenvalue weighted by Gasteiger charge is -2.43. The van der Waals surface area contributed by atoms with Gasteiger partial charge >= 0.3 is 6.03 Å². The first kappa shape index (κ1) is 24.3. The van der Waals surface area contributed by atoms with Gasteiger partial charge in [0.15, 0.2) is 0 Å². The number of nitrogens with one attached hydrogen (secondary N) is 2. The number of hydrogen-bond acceptors (Lipinski definition) is 4. The first-order valence-corrected chi connectivity index (χ1v) is 12.2. The number of piperazine rings is 1. The van der Waals surface area contributed by atoms with Gasteiger partial charge in [0.05, 0.1) is 17.5 Å². The SMILES string of the molecule is CC(C)Oc1ccccc1N1CCN([C@H]2CC[C@H](NC(=O)Nc3ccc(F)cc3F)CC2)CC1. The molecule has 4 rings (SSSR count). The normalized spacial score (nSPS) is 21.4. The number of nitrogens with zero attached hydrogens (tertiary/aromatic N) is 2. The molecule has 0 radical (unpaired) electrons. The Kier molecular flexibility index (Phi) is 7.88. The van der Waals surface area contributed by atoms with E-state index in [4.69, 9.17) is 4.74 Å². The van der Waals surface area contributed by atoms with Gasteiger partial charge in [-0.1, -0.05) is 12.1 Å². The molecular weight excluding hydrogens is 438 g/mol. The summed E-state index contributed by atoms with van der Waals surface area (Å²) >= 11 is 0. The lowest BCUT2D eigenvalue weighted by molar-refractivity contribution is 0.137. The van der Waals surface area contributed by atoms with Gasteiger partial charge in [0.1, 0.15) is 17.4 Å². The molecule has 1 saturated carbocycles. The maximum Gasteiger partial charge on any atom is 0.319 e. The Balaban J connectivity index is 1.22. The summed E-state index contributed by atoms with van der Waals surface area (Å²) in [6, 6.07) is 11.5. The van der Waals surface area contributed by atoms with E-state index in [-0.39, 0.29) is 17.8 Å².